The van der Waals surface area contributed by atoms with Gasteiger partial charge in [-0.25, -0.2) is 14.9 Å². The summed E-state index contributed by atoms with van der Waals surface area (Å²) < 4.78 is 15.3. The van der Waals surface area contributed by atoms with E-state index in [4.69, 9.17) is 10.2 Å². The molecule has 1 amide bonds. The van der Waals surface area contributed by atoms with Crippen molar-refractivity contribution in [1.82, 2.24) is 20.2 Å². The molecule has 0 bridgehead atoms. The molecule has 3 aromatic rings. The Labute approximate surface area is 162 Å². The third-order valence-electron chi connectivity index (χ3n) is 4.19. The third kappa shape index (κ3) is 4.62. The van der Waals surface area contributed by atoms with Crippen LogP contribution in [0.2, 0.25) is 0 Å². The molecule has 0 unspecified atom stereocenters. The van der Waals surface area contributed by atoms with Crippen LogP contribution in [0.3, 0.4) is 0 Å². The number of halogens is 1. The summed E-state index contributed by atoms with van der Waals surface area (Å²) in [6.45, 7) is 6.84. The first-order chi connectivity index (χ1) is 13.3. The normalized spacial score (nSPS) is 12.0. The van der Waals surface area contributed by atoms with E-state index in [0.29, 0.717) is 12.2 Å². The Morgan fingerprint density at radius 1 is 1.25 bits per heavy atom. The van der Waals surface area contributed by atoms with Crippen LogP contribution in [0, 0.1) is 5.82 Å². The molecule has 2 heterocycles. The van der Waals surface area contributed by atoms with Crippen LogP contribution < -0.4 is 10.8 Å². The van der Waals surface area contributed by atoms with E-state index >= 15 is 0 Å². The van der Waals surface area contributed by atoms with Crippen molar-refractivity contribution in [2.45, 2.75) is 32.9 Å². The lowest BCUT2D eigenvalue weighted by Gasteiger charge is -2.20. The number of fused-ring (bicyclic) bond motifs is 1. The van der Waals surface area contributed by atoms with Crippen LogP contribution in [0.5, 0.6) is 0 Å². The van der Waals surface area contributed by atoms with E-state index in [1.807, 2.05) is 22.7 Å². The van der Waals surface area contributed by atoms with Crippen LogP contribution in [0.1, 0.15) is 32.0 Å². The van der Waals surface area contributed by atoms with Gasteiger partial charge in [0.2, 0.25) is 0 Å². The number of pyridine rings is 1. The first-order valence-electron chi connectivity index (χ1n) is 8.91. The number of aromatic nitrogens is 2. The Kier molecular flexibility index (Phi) is 5.58. The maximum atomic E-state index is 13.3. The number of hydrogen-bond donors (Lipinski definition) is 3. The molecule has 0 atom stereocenters. The zero-order valence-electron chi connectivity index (χ0n) is 16.0. The molecule has 0 radical (unpaired) electrons. The molecule has 6 nitrogen and oxygen atoms in total. The summed E-state index contributed by atoms with van der Waals surface area (Å²) in [4.78, 5) is 15.9. The molecule has 0 saturated heterocycles. The maximum absolute atomic E-state index is 13.3. The molecule has 0 aliphatic carbocycles. The lowest BCUT2D eigenvalue weighted by molar-refractivity contribution is -0.124. The number of nitrogens with one attached hydrogen (secondary N) is 2. The van der Waals surface area contributed by atoms with E-state index < -0.39 is 5.91 Å². The Morgan fingerprint density at radius 2 is 1.96 bits per heavy atom. The van der Waals surface area contributed by atoms with Gasteiger partial charge in [0.15, 0.2) is 0 Å². The highest BCUT2D eigenvalue weighted by molar-refractivity contribution is 5.91. The highest BCUT2D eigenvalue weighted by atomic mass is 19.1. The second-order valence-electron chi connectivity index (χ2n) is 7.52. The van der Waals surface area contributed by atoms with Crippen molar-refractivity contribution in [3.63, 3.8) is 0 Å². The summed E-state index contributed by atoms with van der Waals surface area (Å²) in [6, 6.07) is 9.96. The number of carbonyl (C=O) groups excluding carboxylic acids is 1. The topological polar surface area (TPSA) is 78.7 Å². The molecule has 0 spiro atoms. The highest BCUT2D eigenvalue weighted by Crippen LogP contribution is 2.26. The van der Waals surface area contributed by atoms with Crippen molar-refractivity contribution in [2.24, 2.45) is 0 Å². The molecule has 146 valence electrons. The van der Waals surface area contributed by atoms with Gasteiger partial charge in [0.25, 0.3) is 5.91 Å². The molecular formula is C21H23FN4O2. The minimum atomic E-state index is -0.606. The molecule has 2 aromatic heterocycles. The SMILES string of the molecule is CC(C)(C)NCc1c(-c2ccc(F)cc2)nc2cc(C=CC(=O)NO)ccn12. The number of hydroxylamine groups is 1. The van der Waals surface area contributed by atoms with Gasteiger partial charge in [-0.2, -0.15) is 0 Å². The molecular weight excluding hydrogens is 359 g/mol. The van der Waals surface area contributed by atoms with Gasteiger partial charge in [-0.15, -0.1) is 0 Å². The summed E-state index contributed by atoms with van der Waals surface area (Å²) in [5, 5.41) is 12.1. The minimum Gasteiger partial charge on any atom is -0.306 e. The number of imidazole rings is 1. The molecule has 1 aromatic carbocycles. The van der Waals surface area contributed by atoms with E-state index in [0.717, 1.165) is 22.5 Å². The molecule has 0 fully saturated rings. The average Bonchev–Trinajstić information content (AvgIpc) is 3.02. The summed E-state index contributed by atoms with van der Waals surface area (Å²) >= 11 is 0. The first-order valence-corrected chi connectivity index (χ1v) is 8.91. The number of benzene rings is 1. The summed E-state index contributed by atoms with van der Waals surface area (Å²) in [5.74, 6) is -0.901. The monoisotopic (exact) mass is 382 g/mol. The van der Waals surface area contributed by atoms with E-state index in [-0.39, 0.29) is 11.4 Å². The van der Waals surface area contributed by atoms with Crippen LogP contribution >= 0.6 is 0 Å². The van der Waals surface area contributed by atoms with Gasteiger partial charge in [0.05, 0.1) is 11.4 Å². The molecule has 0 saturated carbocycles. The Balaban J connectivity index is 2.07. The highest BCUT2D eigenvalue weighted by Gasteiger charge is 2.17. The second-order valence-corrected chi connectivity index (χ2v) is 7.52. The number of carbonyl (C=O) groups is 1. The van der Waals surface area contributed by atoms with Gasteiger partial charge in [-0.1, -0.05) is 0 Å². The van der Waals surface area contributed by atoms with Crippen LogP contribution in [0.25, 0.3) is 23.0 Å². The molecule has 7 heteroatoms. The van der Waals surface area contributed by atoms with Gasteiger partial charge < -0.3 is 9.72 Å². The zero-order valence-corrected chi connectivity index (χ0v) is 16.0. The molecule has 3 rings (SSSR count). The lowest BCUT2D eigenvalue weighted by Crippen LogP contribution is -2.35. The fourth-order valence-corrected chi connectivity index (χ4v) is 2.78. The van der Waals surface area contributed by atoms with Crippen molar-refractivity contribution in [1.29, 1.82) is 0 Å². The average molecular weight is 382 g/mol. The predicted molar refractivity (Wildman–Crippen MR) is 106 cm³/mol. The van der Waals surface area contributed by atoms with Crippen LogP contribution in [0.4, 0.5) is 4.39 Å². The van der Waals surface area contributed by atoms with Crippen molar-refractivity contribution >= 4 is 17.6 Å². The fraction of sp³-hybridized carbons (Fsp3) is 0.238. The van der Waals surface area contributed by atoms with Gasteiger partial charge in [-0.3, -0.25) is 10.0 Å². The number of rotatable bonds is 5. The smallest absolute Gasteiger partial charge is 0.267 e. The largest absolute Gasteiger partial charge is 0.306 e. The number of nitrogens with zero attached hydrogens (tertiary/aromatic N) is 2. The zero-order chi connectivity index (χ0) is 20.3. The lowest BCUT2D eigenvalue weighted by atomic mass is 10.1. The third-order valence-corrected chi connectivity index (χ3v) is 4.19. The Hall–Kier alpha value is -3.03. The van der Waals surface area contributed by atoms with Crippen molar-refractivity contribution in [2.75, 3.05) is 0 Å². The molecule has 3 N–H and O–H groups in total. The number of hydrogen-bond acceptors (Lipinski definition) is 4. The van der Waals surface area contributed by atoms with Crippen LogP contribution in [-0.4, -0.2) is 26.0 Å². The van der Waals surface area contributed by atoms with E-state index in [2.05, 4.69) is 26.1 Å². The van der Waals surface area contributed by atoms with Gasteiger partial charge in [-0.05, 0) is 68.8 Å². The Bertz CT molecular complexity index is 1020. The summed E-state index contributed by atoms with van der Waals surface area (Å²) in [5.41, 5.74) is 5.50. The number of amides is 1. The van der Waals surface area contributed by atoms with Crippen molar-refractivity contribution in [3.05, 3.63) is 65.7 Å². The van der Waals surface area contributed by atoms with Crippen LogP contribution in [-0.2, 0) is 11.3 Å². The quantitative estimate of drug-likeness (QED) is 0.358. The minimum absolute atomic E-state index is 0.0788. The van der Waals surface area contributed by atoms with E-state index in [9.17, 15) is 9.18 Å². The van der Waals surface area contributed by atoms with Crippen molar-refractivity contribution in [3.8, 4) is 11.3 Å². The van der Waals surface area contributed by atoms with E-state index in [1.165, 1.54) is 18.2 Å². The van der Waals surface area contributed by atoms with E-state index in [1.54, 1.807) is 23.7 Å². The fourth-order valence-electron chi connectivity index (χ4n) is 2.78. The first kappa shape index (κ1) is 19.7. The van der Waals surface area contributed by atoms with Gasteiger partial charge >= 0.3 is 0 Å². The van der Waals surface area contributed by atoms with Gasteiger partial charge in [0.1, 0.15) is 11.5 Å². The van der Waals surface area contributed by atoms with Crippen LogP contribution in [0.15, 0.2) is 48.7 Å². The standard InChI is InChI=1S/C21H23FN4O2/c1-21(2,3)23-13-17-20(15-5-7-16(22)8-6-15)24-18-12-14(10-11-26(17)18)4-9-19(27)25-28/h4-12,23,28H,13H2,1-3H3,(H,25,27). The Morgan fingerprint density at radius 3 is 2.61 bits per heavy atom. The predicted octanol–water partition coefficient (Wildman–Crippen LogP) is 3.55. The second kappa shape index (κ2) is 7.92. The molecule has 0 aliphatic rings. The summed E-state index contributed by atoms with van der Waals surface area (Å²) in [7, 11) is 0. The maximum Gasteiger partial charge on any atom is 0.267 e. The van der Waals surface area contributed by atoms with Crippen molar-refractivity contribution < 1.29 is 14.4 Å². The molecule has 0 aliphatic heterocycles. The van der Waals surface area contributed by atoms with Gasteiger partial charge in [0, 0.05) is 29.9 Å². The molecule has 28 heavy (non-hydrogen) atoms. The summed E-state index contributed by atoms with van der Waals surface area (Å²) in [6.07, 6.45) is 4.70.